The van der Waals surface area contributed by atoms with E-state index in [4.69, 9.17) is 50.9 Å². The lowest BCUT2D eigenvalue weighted by Crippen LogP contribution is -2.14. The van der Waals surface area contributed by atoms with Gasteiger partial charge in [-0.25, -0.2) is 9.97 Å². The molecule has 32 heavy (non-hydrogen) atoms. The molecule has 6 nitrogen and oxygen atoms in total. The third kappa shape index (κ3) is 5.74. The third-order valence-electron chi connectivity index (χ3n) is 4.08. The van der Waals surface area contributed by atoms with Crippen LogP contribution in [0, 0.1) is 0 Å². The Balaban J connectivity index is 1.43. The molecule has 0 unspecified atom stereocenters. The molecule has 0 saturated carbocycles. The van der Waals surface area contributed by atoms with E-state index in [1.54, 1.807) is 54.7 Å². The molecule has 0 atom stereocenters. The highest BCUT2D eigenvalue weighted by molar-refractivity contribution is 7.99. The van der Waals surface area contributed by atoms with Crippen LogP contribution in [0.4, 0.5) is 5.69 Å². The fourth-order valence-electron chi connectivity index (χ4n) is 2.72. The molecule has 0 radical (unpaired) electrons. The van der Waals surface area contributed by atoms with Gasteiger partial charge in [0.25, 0.3) is 0 Å². The fraction of sp³-hybridized carbons (Fsp3) is 0.0476. The van der Waals surface area contributed by atoms with Gasteiger partial charge >= 0.3 is 0 Å². The molecule has 0 saturated heterocycles. The summed E-state index contributed by atoms with van der Waals surface area (Å²) in [6, 6.07) is 13.3. The average molecular weight is 526 g/mol. The molecule has 0 spiro atoms. The van der Waals surface area contributed by atoms with Crippen molar-refractivity contribution >= 4 is 69.8 Å². The lowest BCUT2D eigenvalue weighted by atomic mass is 10.1. The van der Waals surface area contributed by atoms with Crippen LogP contribution in [-0.4, -0.2) is 26.8 Å². The van der Waals surface area contributed by atoms with Gasteiger partial charge in [0.05, 0.1) is 10.8 Å². The van der Waals surface area contributed by atoms with Crippen LogP contribution in [0.5, 0.6) is 0 Å². The molecule has 2 heterocycles. The Morgan fingerprint density at radius 2 is 1.72 bits per heavy atom. The average Bonchev–Trinajstić information content (AvgIpc) is 3.22. The lowest BCUT2D eigenvalue weighted by molar-refractivity contribution is -0.113. The van der Waals surface area contributed by atoms with Gasteiger partial charge in [-0.1, -0.05) is 63.3 Å². The van der Waals surface area contributed by atoms with E-state index in [0.29, 0.717) is 53.6 Å². The van der Waals surface area contributed by atoms with Crippen LogP contribution in [0.25, 0.3) is 22.7 Å². The van der Waals surface area contributed by atoms with Gasteiger partial charge in [-0.15, -0.1) is 0 Å². The molecule has 162 valence electrons. The molecule has 11 heteroatoms. The summed E-state index contributed by atoms with van der Waals surface area (Å²) in [7, 11) is 0. The van der Waals surface area contributed by atoms with E-state index in [-0.39, 0.29) is 11.7 Å². The number of anilines is 1. The predicted molar refractivity (Wildman–Crippen MR) is 129 cm³/mol. The smallest absolute Gasteiger partial charge is 0.234 e. The van der Waals surface area contributed by atoms with Gasteiger partial charge in [-0.05, 0) is 42.5 Å². The molecule has 0 aliphatic heterocycles. The van der Waals surface area contributed by atoms with Gasteiger partial charge in [0.15, 0.2) is 10.9 Å². The summed E-state index contributed by atoms with van der Waals surface area (Å²) in [5.74, 6) is 0.283. The number of hydrogen-bond acceptors (Lipinski definition) is 6. The number of amides is 1. The second-order valence-electron chi connectivity index (χ2n) is 6.42. The van der Waals surface area contributed by atoms with E-state index in [2.05, 4.69) is 20.4 Å². The molecule has 0 bridgehead atoms. The molecule has 2 aromatic carbocycles. The van der Waals surface area contributed by atoms with Crippen LogP contribution in [0.2, 0.25) is 20.1 Å². The molecule has 0 fully saturated rings. The van der Waals surface area contributed by atoms with Crippen LogP contribution in [0.1, 0.15) is 0 Å². The quantitative estimate of drug-likeness (QED) is 0.213. The highest BCUT2D eigenvalue weighted by Gasteiger charge is 2.14. The van der Waals surface area contributed by atoms with E-state index in [9.17, 15) is 4.79 Å². The van der Waals surface area contributed by atoms with Crippen molar-refractivity contribution in [3.8, 4) is 22.7 Å². The third-order valence-corrected chi connectivity index (χ3v) is 5.93. The van der Waals surface area contributed by atoms with Gasteiger partial charge < -0.3 is 9.84 Å². The lowest BCUT2D eigenvalue weighted by Gasteiger charge is -2.06. The highest BCUT2D eigenvalue weighted by Crippen LogP contribution is 2.32. The predicted octanol–water partition coefficient (Wildman–Crippen LogP) is 7.14. The normalized spacial score (nSPS) is 10.9. The Morgan fingerprint density at radius 1 is 0.938 bits per heavy atom. The molecule has 4 aromatic rings. The topological polar surface area (TPSA) is 80.9 Å². The maximum atomic E-state index is 12.3. The van der Waals surface area contributed by atoms with Gasteiger partial charge in [0.1, 0.15) is 11.4 Å². The summed E-state index contributed by atoms with van der Waals surface area (Å²) in [5.41, 5.74) is 2.27. The number of thioether (sulfide) groups is 1. The summed E-state index contributed by atoms with van der Waals surface area (Å²) >= 11 is 25.3. The minimum Gasteiger partial charge on any atom is -0.354 e. The van der Waals surface area contributed by atoms with Gasteiger partial charge in [0, 0.05) is 38.6 Å². The van der Waals surface area contributed by atoms with Gasteiger partial charge in [-0.2, -0.15) is 0 Å². The van der Waals surface area contributed by atoms with Gasteiger partial charge in [-0.3, -0.25) is 4.79 Å². The molecule has 4 rings (SSSR count). The van der Waals surface area contributed by atoms with E-state index in [1.165, 1.54) is 11.8 Å². The molecule has 1 N–H and O–H groups in total. The van der Waals surface area contributed by atoms with Crippen molar-refractivity contribution in [1.82, 2.24) is 15.1 Å². The number of carbonyl (C=O) groups is 1. The first kappa shape index (κ1) is 22.9. The Morgan fingerprint density at radius 3 is 2.47 bits per heavy atom. The zero-order chi connectivity index (χ0) is 22.7. The number of rotatable bonds is 6. The summed E-state index contributed by atoms with van der Waals surface area (Å²) in [6.45, 7) is 0. The van der Waals surface area contributed by atoms with Crippen molar-refractivity contribution in [1.29, 1.82) is 0 Å². The summed E-state index contributed by atoms with van der Waals surface area (Å²) in [5, 5.41) is 9.06. The van der Waals surface area contributed by atoms with Crippen LogP contribution in [0.15, 0.2) is 64.4 Å². The Labute approximate surface area is 207 Å². The fourth-order valence-corrected chi connectivity index (χ4v) is 4.38. The largest absolute Gasteiger partial charge is 0.354 e. The number of nitrogens with one attached hydrogen (secondary N) is 1. The van der Waals surface area contributed by atoms with Crippen LogP contribution < -0.4 is 5.32 Å². The van der Waals surface area contributed by atoms with Crippen LogP contribution in [-0.2, 0) is 4.79 Å². The second-order valence-corrected chi connectivity index (χ2v) is 9.08. The van der Waals surface area contributed by atoms with E-state index < -0.39 is 0 Å². The molecule has 1 amide bonds. The zero-order valence-corrected chi connectivity index (χ0v) is 19.8. The maximum Gasteiger partial charge on any atom is 0.234 e. The number of aromatic nitrogens is 3. The Kier molecular flexibility index (Phi) is 7.23. The van der Waals surface area contributed by atoms with Crippen molar-refractivity contribution in [2.45, 2.75) is 5.16 Å². The first-order chi connectivity index (χ1) is 15.4. The van der Waals surface area contributed by atoms with Crippen LogP contribution >= 0.6 is 58.2 Å². The summed E-state index contributed by atoms with van der Waals surface area (Å²) in [4.78, 5) is 20.9. The highest BCUT2D eigenvalue weighted by atomic mass is 35.5. The van der Waals surface area contributed by atoms with Gasteiger partial charge in [0.2, 0.25) is 5.91 Å². The zero-order valence-electron chi connectivity index (χ0n) is 16.0. The first-order valence-corrected chi connectivity index (χ1v) is 11.5. The van der Waals surface area contributed by atoms with E-state index >= 15 is 0 Å². The van der Waals surface area contributed by atoms with Crippen LogP contribution in [0.3, 0.4) is 0 Å². The number of carbonyl (C=O) groups excluding carboxylic acids is 1. The monoisotopic (exact) mass is 524 g/mol. The number of nitrogens with zero attached hydrogens (tertiary/aromatic N) is 3. The molecule has 0 aliphatic rings. The Hall–Kier alpha value is -2.29. The summed E-state index contributed by atoms with van der Waals surface area (Å²) in [6.07, 6.45) is 1.58. The molecular weight excluding hydrogens is 514 g/mol. The van der Waals surface area contributed by atoms with Crippen molar-refractivity contribution in [2.75, 3.05) is 11.1 Å². The number of halogens is 4. The number of benzene rings is 2. The summed E-state index contributed by atoms with van der Waals surface area (Å²) < 4.78 is 5.43. The standard InChI is InChI=1S/C21H12Cl4N4O2S/c22-11-1-2-15(16(25)8-11)18-9-19(31-29-18)17-3-4-26-21(28-17)32-10-20(30)27-14-6-12(23)5-13(24)7-14/h1-9H,10H2,(H,27,30). The van der Waals surface area contributed by atoms with Crippen molar-refractivity contribution in [2.24, 2.45) is 0 Å². The molecule has 0 aliphatic carbocycles. The van der Waals surface area contributed by atoms with Crippen molar-refractivity contribution in [3.63, 3.8) is 0 Å². The Bertz CT molecular complexity index is 1280. The maximum absolute atomic E-state index is 12.3. The van der Waals surface area contributed by atoms with E-state index in [0.717, 1.165) is 0 Å². The SMILES string of the molecule is O=C(CSc1nccc(-c2cc(-c3ccc(Cl)cc3Cl)no2)n1)Nc1cc(Cl)cc(Cl)c1. The minimum absolute atomic E-state index is 0.0929. The molecular formula is C21H12Cl4N4O2S. The number of hydrogen-bond donors (Lipinski definition) is 1. The molecule has 2 aromatic heterocycles. The van der Waals surface area contributed by atoms with E-state index in [1.807, 2.05) is 0 Å². The minimum atomic E-state index is -0.248. The van der Waals surface area contributed by atoms with Crippen molar-refractivity contribution < 1.29 is 9.32 Å². The second kappa shape index (κ2) is 10.1. The first-order valence-electron chi connectivity index (χ1n) is 9.02. The van der Waals surface area contributed by atoms with Crippen molar-refractivity contribution in [3.05, 3.63) is 74.8 Å².